The van der Waals surface area contributed by atoms with Gasteiger partial charge in [0.05, 0.1) is 20.7 Å². The van der Waals surface area contributed by atoms with Gasteiger partial charge in [-0.2, -0.15) is 0 Å². The van der Waals surface area contributed by atoms with Crippen LogP contribution >= 0.6 is 22.9 Å². The summed E-state index contributed by atoms with van der Waals surface area (Å²) < 4.78 is 0.838. The highest BCUT2D eigenvalue weighted by Gasteiger charge is 2.40. The first kappa shape index (κ1) is 19.9. The second-order valence-corrected chi connectivity index (χ2v) is 7.97. The molecule has 0 saturated heterocycles. The fourth-order valence-corrected chi connectivity index (χ4v) is 4.36. The van der Waals surface area contributed by atoms with Gasteiger partial charge >= 0.3 is 0 Å². The molecule has 0 spiro atoms. The number of fused-ring (bicyclic) bond motifs is 2. The summed E-state index contributed by atoms with van der Waals surface area (Å²) in [5.74, 6) is -1.63. The zero-order valence-electron chi connectivity index (χ0n) is 15.3. The molecule has 0 unspecified atom stereocenters. The Morgan fingerprint density at radius 1 is 1.23 bits per heavy atom. The average Bonchev–Trinajstić information content (AvgIpc) is 3.20. The van der Waals surface area contributed by atoms with Gasteiger partial charge in [0.15, 0.2) is 5.13 Å². The summed E-state index contributed by atoms with van der Waals surface area (Å²) in [6, 6.07) is 9.16. The van der Waals surface area contributed by atoms with Gasteiger partial charge in [0.25, 0.3) is 17.5 Å². The minimum absolute atomic E-state index is 0.00629. The van der Waals surface area contributed by atoms with E-state index in [2.05, 4.69) is 10.3 Å². The van der Waals surface area contributed by atoms with Crippen molar-refractivity contribution in [1.29, 1.82) is 0 Å². The molecule has 1 N–H and O–H groups in total. The fraction of sp³-hybridized carbons (Fsp3) is 0.158. The number of hydrogen-bond donors (Lipinski definition) is 1. The number of anilines is 1. The molecule has 1 aliphatic rings. The molecule has 0 bridgehead atoms. The van der Waals surface area contributed by atoms with Crippen LogP contribution in [0.5, 0.6) is 0 Å². The van der Waals surface area contributed by atoms with Crippen molar-refractivity contribution < 1.29 is 19.3 Å². The van der Waals surface area contributed by atoms with Crippen molar-refractivity contribution in [1.82, 2.24) is 9.88 Å². The molecule has 2 heterocycles. The Bertz CT molecular complexity index is 1220. The first-order valence-electron chi connectivity index (χ1n) is 8.84. The molecule has 1 aliphatic heterocycles. The van der Waals surface area contributed by atoms with Gasteiger partial charge in [-0.1, -0.05) is 29.0 Å². The van der Waals surface area contributed by atoms with Crippen molar-refractivity contribution in [3.8, 4) is 0 Å². The lowest BCUT2D eigenvalue weighted by Gasteiger charge is -2.13. The predicted molar refractivity (Wildman–Crippen MR) is 111 cm³/mol. The van der Waals surface area contributed by atoms with Crippen LogP contribution in [0.1, 0.15) is 33.6 Å². The summed E-state index contributed by atoms with van der Waals surface area (Å²) in [6.07, 6.45) is 0.258. The van der Waals surface area contributed by atoms with Crippen LogP contribution < -0.4 is 5.32 Å². The lowest BCUT2D eigenvalue weighted by molar-refractivity contribution is -0.385. The Hall–Kier alpha value is -3.37. The Labute approximate surface area is 178 Å². The molecule has 11 heteroatoms. The Kier molecular flexibility index (Phi) is 5.18. The number of nitro benzene ring substituents is 1. The summed E-state index contributed by atoms with van der Waals surface area (Å²) in [6.45, 7) is -0.0215. The summed E-state index contributed by atoms with van der Waals surface area (Å²) >= 11 is 7.23. The number of amides is 3. The Morgan fingerprint density at radius 2 is 2.03 bits per heavy atom. The fourth-order valence-electron chi connectivity index (χ4n) is 3.20. The Morgan fingerprint density at radius 3 is 2.80 bits per heavy atom. The van der Waals surface area contributed by atoms with Crippen LogP contribution in [0.3, 0.4) is 0 Å². The van der Waals surface area contributed by atoms with E-state index in [9.17, 15) is 24.5 Å². The van der Waals surface area contributed by atoms with E-state index < -0.39 is 22.4 Å². The SMILES string of the molecule is O=C(CCCN1C(=O)c2cccc([N+](=O)[O-])c2C1=O)Nc1nc2ccc(Cl)cc2s1. The van der Waals surface area contributed by atoms with E-state index in [1.807, 2.05) is 0 Å². The molecular formula is C19H13ClN4O5S. The normalized spacial score (nSPS) is 13.0. The van der Waals surface area contributed by atoms with Crippen molar-refractivity contribution in [2.45, 2.75) is 12.8 Å². The van der Waals surface area contributed by atoms with Crippen LogP contribution in [0.15, 0.2) is 36.4 Å². The van der Waals surface area contributed by atoms with Crippen molar-refractivity contribution in [3.05, 3.63) is 62.7 Å². The molecule has 1 aromatic heterocycles. The standard InChI is InChI=1S/C19H13ClN4O5S/c20-10-6-7-12-14(9-10)30-19(21-12)22-15(25)5-2-8-23-17(26)11-3-1-4-13(24(28)29)16(11)18(23)27/h1,3-4,6-7,9H,2,5,8H2,(H,21,22,25). The van der Waals surface area contributed by atoms with Crippen LogP contribution in [0.25, 0.3) is 10.2 Å². The molecule has 2 aromatic carbocycles. The van der Waals surface area contributed by atoms with E-state index in [1.54, 1.807) is 18.2 Å². The highest BCUT2D eigenvalue weighted by atomic mass is 35.5. The highest BCUT2D eigenvalue weighted by Crippen LogP contribution is 2.31. The third-order valence-electron chi connectivity index (χ3n) is 4.56. The molecule has 9 nitrogen and oxygen atoms in total. The molecule has 30 heavy (non-hydrogen) atoms. The van der Waals surface area contributed by atoms with Crippen LogP contribution in [-0.4, -0.2) is 39.1 Å². The van der Waals surface area contributed by atoms with Crippen LogP contribution in [-0.2, 0) is 4.79 Å². The molecule has 0 radical (unpaired) electrons. The second-order valence-electron chi connectivity index (χ2n) is 6.50. The molecule has 0 atom stereocenters. The number of benzene rings is 2. The monoisotopic (exact) mass is 444 g/mol. The number of carbonyl (C=O) groups is 3. The molecule has 0 aliphatic carbocycles. The topological polar surface area (TPSA) is 123 Å². The smallest absolute Gasteiger partial charge is 0.282 e. The number of rotatable bonds is 6. The van der Waals surface area contributed by atoms with Gasteiger partial charge in [-0.3, -0.25) is 29.4 Å². The van der Waals surface area contributed by atoms with Gasteiger partial charge < -0.3 is 5.32 Å². The average molecular weight is 445 g/mol. The number of halogens is 1. The van der Waals surface area contributed by atoms with Gasteiger partial charge in [0.1, 0.15) is 5.56 Å². The van der Waals surface area contributed by atoms with Crippen molar-refractivity contribution in [2.24, 2.45) is 0 Å². The van der Waals surface area contributed by atoms with Gasteiger partial charge in [0.2, 0.25) is 5.91 Å². The molecule has 3 amide bonds. The summed E-state index contributed by atoms with van der Waals surface area (Å²) in [4.78, 5) is 52.8. The first-order valence-corrected chi connectivity index (χ1v) is 10.0. The number of thiazole rings is 1. The van der Waals surface area contributed by atoms with E-state index >= 15 is 0 Å². The number of nitrogens with one attached hydrogen (secondary N) is 1. The van der Waals surface area contributed by atoms with Crippen molar-refractivity contribution in [2.75, 3.05) is 11.9 Å². The Balaban J connectivity index is 1.37. The zero-order chi connectivity index (χ0) is 21.4. The second kappa shape index (κ2) is 7.81. The van der Waals surface area contributed by atoms with E-state index in [1.165, 1.54) is 29.5 Å². The number of nitro groups is 1. The number of hydrogen-bond acceptors (Lipinski definition) is 7. The van der Waals surface area contributed by atoms with E-state index in [-0.39, 0.29) is 36.4 Å². The molecule has 0 saturated carbocycles. The minimum atomic E-state index is -0.717. The number of nitrogens with zero attached hydrogens (tertiary/aromatic N) is 3. The molecule has 152 valence electrons. The maximum atomic E-state index is 12.5. The largest absolute Gasteiger partial charge is 0.302 e. The maximum Gasteiger partial charge on any atom is 0.282 e. The van der Waals surface area contributed by atoms with Gasteiger partial charge in [-0.25, -0.2) is 4.98 Å². The van der Waals surface area contributed by atoms with Gasteiger partial charge in [-0.15, -0.1) is 0 Å². The molecular weight excluding hydrogens is 432 g/mol. The number of carbonyl (C=O) groups excluding carboxylic acids is 3. The third-order valence-corrected chi connectivity index (χ3v) is 5.72. The summed E-state index contributed by atoms with van der Waals surface area (Å²) in [5, 5.41) is 14.8. The van der Waals surface area contributed by atoms with Crippen LogP contribution in [0, 0.1) is 10.1 Å². The predicted octanol–water partition coefficient (Wildman–Crippen LogP) is 3.87. The number of aromatic nitrogens is 1. The highest BCUT2D eigenvalue weighted by molar-refractivity contribution is 7.22. The zero-order valence-corrected chi connectivity index (χ0v) is 16.8. The number of imide groups is 1. The van der Waals surface area contributed by atoms with Crippen molar-refractivity contribution >= 4 is 61.7 Å². The van der Waals surface area contributed by atoms with E-state index in [0.29, 0.717) is 15.7 Å². The van der Waals surface area contributed by atoms with Crippen LogP contribution in [0.2, 0.25) is 5.02 Å². The third kappa shape index (κ3) is 3.62. The quantitative estimate of drug-likeness (QED) is 0.349. The minimum Gasteiger partial charge on any atom is -0.302 e. The maximum absolute atomic E-state index is 12.5. The summed E-state index contributed by atoms with van der Waals surface area (Å²) in [5.41, 5.74) is 0.117. The first-order chi connectivity index (χ1) is 14.3. The summed E-state index contributed by atoms with van der Waals surface area (Å²) in [7, 11) is 0. The van der Waals surface area contributed by atoms with Gasteiger partial charge in [0, 0.05) is 24.1 Å². The molecule has 0 fully saturated rings. The lowest BCUT2D eigenvalue weighted by atomic mass is 10.1. The lowest BCUT2D eigenvalue weighted by Crippen LogP contribution is -2.31. The molecule has 4 rings (SSSR count). The van der Waals surface area contributed by atoms with Crippen molar-refractivity contribution in [3.63, 3.8) is 0 Å². The van der Waals surface area contributed by atoms with Crippen LogP contribution in [0.4, 0.5) is 10.8 Å². The molecule has 3 aromatic rings. The van der Waals surface area contributed by atoms with E-state index in [4.69, 9.17) is 11.6 Å². The van der Waals surface area contributed by atoms with E-state index in [0.717, 1.165) is 9.60 Å². The van der Waals surface area contributed by atoms with Gasteiger partial charge in [-0.05, 0) is 30.7 Å².